The number of benzene rings is 4. The summed E-state index contributed by atoms with van der Waals surface area (Å²) < 4.78 is 4.59. The Kier molecular flexibility index (Phi) is 6.77. The summed E-state index contributed by atoms with van der Waals surface area (Å²) in [4.78, 5) is 14.9. The fraction of sp³-hybridized carbons (Fsp3) is 0.188. The van der Waals surface area contributed by atoms with Crippen LogP contribution in [0.2, 0.25) is 10.0 Å². The Morgan fingerprint density at radius 3 is 1.30 bits per heavy atom. The van der Waals surface area contributed by atoms with E-state index >= 15 is 0 Å². The predicted octanol–water partition coefficient (Wildman–Crippen LogP) is 7.26. The number of piperazine rings is 1. The average Bonchev–Trinajstić information content (AvgIpc) is 3.53. The third kappa shape index (κ3) is 4.67. The molecule has 0 atom stereocenters. The van der Waals surface area contributed by atoms with Crippen LogP contribution >= 0.6 is 23.2 Å². The molecule has 0 spiro atoms. The fourth-order valence-electron chi connectivity index (χ4n) is 5.61. The Bertz CT molecular complexity index is 1680. The summed E-state index contributed by atoms with van der Waals surface area (Å²) in [5.74, 6) is 1.81. The molecule has 200 valence electrons. The number of halogens is 2. The average molecular weight is 568 g/mol. The first kappa shape index (κ1) is 25.3. The van der Waals surface area contributed by atoms with Gasteiger partial charge < -0.3 is 9.13 Å². The lowest BCUT2D eigenvalue weighted by atomic mass is 10.2. The summed E-state index contributed by atoms with van der Waals surface area (Å²) in [6.07, 6.45) is 0. The van der Waals surface area contributed by atoms with Gasteiger partial charge in [0.25, 0.3) is 0 Å². The van der Waals surface area contributed by atoms with Gasteiger partial charge in [0.1, 0.15) is 11.6 Å². The van der Waals surface area contributed by atoms with E-state index in [2.05, 4.69) is 55.3 Å². The summed E-state index contributed by atoms with van der Waals surface area (Å²) in [5.41, 5.74) is 6.12. The first-order valence-corrected chi connectivity index (χ1v) is 14.3. The van der Waals surface area contributed by atoms with Gasteiger partial charge in [-0.1, -0.05) is 71.7 Å². The van der Waals surface area contributed by atoms with Gasteiger partial charge in [-0.3, -0.25) is 9.80 Å². The number of imidazole rings is 2. The highest BCUT2D eigenvalue weighted by Gasteiger charge is 2.23. The SMILES string of the molecule is Clc1ccccc1-c1nc2ccccc2n1CN1CCN(Cn2c(-c3ccccc3Cl)nc3ccccc32)CC1. The first-order valence-electron chi connectivity index (χ1n) is 13.5. The van der Waals surface area contributed by atoms with E-state index in [4.69, 9.17) is 33.2 Å². The van der Waals surface area contributed by atoms with Crippen molar-refractivity contribution in [1.82, 2.24) is 28.9 Å². The molecule has 0 radical (unpaired) electrons. The van der Waals surface area contributed by atoms with Gasteiger partial charge in [-0.05, 0) is 48.5 Å². The molecular weight excluding hydrogens is 539 g/mol. The van der Waals surface area contributed by atoms with E-state index in [1.807, 2.05) is 60.7 Å². The monoisotopic (exact) mass is 566 g/mol. The largest absolute Gasteiger partial charge is 0.310 e. The van der Waals surface area contributed by atoms with Crippen LogP contribution in [0.15, 0.2) is 97.1 Å². The molecule has 4 aromatic carbocycles. The Hall–Kier alpha value is -3.68. The molecule has 7 rings (SSSR count). The molecule has 6 aromatic rings. The van der Waals surface area contributed by atoms with Crippen LogP contribution in [-0.2, 0) is 13.3 Å². The van der Waals surface area contributed by atoms with Crippen molar-refractivity contribution in [2.24, 2.45) is 0 Å². The maximum atomic E-state index is 6.61. The third-order valence-electron chi connectivity index (χ3n) is 7.69. The maximum Gasteiger partial charge on any atom is 0.143 e. The van der Waals surface area contributed by atoms with E-state index in [0.717, 1.165) is 84.4 Å². The van der Waals surface area contributed by atoms with Crippen molar-refractivity contribution in [3.05, 3.63) is 107 Å². The quantitative estimate of drug-likeness (QED) is 0.213. The van der Waals surface area contributed by atoms with Gasteiger partial charge in [0.15, 0.2) is 0 Å². The molecule has 1 aliphatic heterocycles. The second-order valence-electron chi connectivity index (χ2n) is 10.2. The molecule has 0 N–H and O–H groups in total. The fourth-order valence-corrected chi connectivity index (χ4v) is 6.05. The molecule has 0 bridgehead atoms. The Labute approximate surface area is 243 Å². The topological polar surface area (TPSA) is 42.1 Å². The highest BCUT2D eigenvalue weighted by atomic mass is 35.5. The summed E-state index contributed by atoms with van der Waals surface area (Å²) in [6, 6.07) is 32.5. The predicted molar refractivity (Wildman–Crippen MR) is 164 cm³/mol. The highest BCUT2D eigenvalue weighted by Crippen LogP contribution is 2.32. The Balaban J connectivity index is 1.13. The molecule has 8 heteroatoms. The minimum atomic E-state index is 0.714. The zero-order valence-corrected chi connectivity index (χ0v) is 23.4. The molecule has 1 fully saturated rings. The number of hydrogen-bond acceptors (Lipinski definition) is 4. The lowest BCUT2D eigenvalue weighted by Crippen LogP contribution is -2.47. The molecule has 40 heavy (non-hydrogen) atoms. The number of hydrogen-bond donors (Lipinski definition) is 0. The second-order valence-corrected chi connectivity index (χ2v) is 11.0. The lowest BCUT2D eigenvalue weighted by Gasteiger charge is -2.35. The van der Waals surface area contributed by atoms with Crippen LogP contribution in [0.25, 0.3) is 44.8 Å². The third-order valence-corrected chi connectivity index (χ3v) is 8.35. The van der Waals surface area contributed by atoms with Crippen molar-refractivity contribution in [2.75, 3.05) is 26.2 Å². The summed E-state index contributed by atoms with van der Waals surface area (Å²) in [6.45, 7) is 5.30. The van der Waals surface area contributed by atoms with Crippen LogP contribution in [0, 0.1) is 0 Å². The normalized spacial score (nSPS) is 14.8. The zero-order valence-electron chi connectivity index (χ0n) is 21.9. The van der Waals surface area contributed by atoms with Crippen molar-refractivity contribution in [1.29, 1.82) is 0 Å². The van der Waals surface area contributed by atoms with Gasteiger partial charge in [0.2, 0.25) is 0 Å². The first-order chi connectivity index (χ1) is 19.7. The lowest BCUT2D eigenvalue weighted by molar-refractivity contribution is 0.0900. The second kappa shape index (κ2) is 10.7. The molecule has 1 saturated heterocycles. The Morgan fingerprint density at radius 2 is 0.875 bits per heavy atom. The zero-order chi connectivity index (χ0) is 27.1. The van der Waals surface area contributed by atoms with Crippen LogP contribution in [0.5, 0.6) is 0 Å². The van der Waals surface area contributed by atoms with Gasteiger partial charge in [-0.15, -0.1) is 0 Å². The van der Waals surface area contributed by atoms with Crippen LogP contribution < -0.4 is 0 Å². The number of para-hydroxylation sites is 4. The number of nitrogens with zero attached hydrogens (tertiary/aromatic N) is 6. The van der Waals surface area contributed by atoms with Crippen LogP contribution in [0.4, 0.5) is 0 Å². The summed E-state index contributed by atoms with van der Waals surface area (Å²) in [5, 5.41) is 1.43. The van der Waals surface area contributed by atoms with Crippen molar-refractivity contribution in [2.45, 2.75) is 13.3 Å². The van der Waals surface area contributed by atoms with E-state index in [9.17, 15) is 0 Å². The smallest absolute Gasteiger partial charge is 0.143 e. The molecule has 1 aliphatic rings. The summed E-state index contributed by atoms with van der Waals surface area (Å²) in [7, 11) is 0. The van der Waals surface area contributed by atoms with Gasteiger partial charge >= 0.3 is 0 Å². The van der Waals surface area contributed by atoms with Crippen molar-refractivity contribution < 1.29 is 0 Å². The molecule has 3 heterocycles. The van der Waals surface area contributed by atoms with Gasteiger partial charge in [-0.2, -0.15) is 0 Å². The van der Waals surface area contributed by atoms with Crippen molar-refractivity contribution in [3.8, 4) is 22.8 Å². The molecule has 6 nitrogen and oxygen atoms in total. The highest BCUT2D eigenvalue weighted by molar-refractivity contribution is 6.33. The van der Waals surface area contributed by atoms with E-state index in [1.165, 1.54) is 0 Å². The van der Waals surface area contributed by atoms with Gasteiger partial charge in [0, 0.05) is 37.3 Å². The van der Waals surface area contributed by atoms with E-state index in [0.29, 0.717) is 10.0 Å². The van der Waals surface area contributed by atoms with Crippen LogP contribution in [0.1, 0.15) is 0 Å². The number of fused-ring (bicyclic) bond motifs is 2. The number of rotatable bonds is 6. The van der Waals surface area contributed by atoms with Crippen LogP contribution in [0.3, 0.4) is 0 Å². The molecule has 0 unspecified atom stereocenters. The van der Waals surface area contributed by atoms with Crippen molar-refractivity contribution >= 4 is 45.3 Å². The summed E-state index contributed by atoms with van der Waals surface area (Å²) >= 11 is 13.2. The molecule has 0 amide bonds. The molecule has 0 aliphatic carbocycles. The minimum Gasteiger partial charge on any atom is -0.310 e. The number of aromatic nitrogens is 4. The van der Waals surface area contributed by atoms with Crippen molar-refractivity contribution in [3.63, 3.8) is 0 Å². The molecule has 2 aromatic heterocycles. The maximum absolute atomic E-state index is 6.61. The van der Waals surface area contributed by atoms with E-state index < -0.39 is 0 Å². The van der Waals surface area contributed by atoms with Crippen LogP contribution in [-0.4, -0.2) is 55.1 Å². The Morgan fingerprint density at radius 1 is 0.500 bits per heavy atom. The molecule has 0 saturated carbocycles. The minimum absolute atomic E-state index is 0.714. The van der Waals surface area contributed by atoms with Gasteiger partial charge in [-0.25, -0.2) is 9.97 Å². The van der Waals surface area contributed by atoms with Gasteiger partial charge in [0.05, 0.1) is 45.4 Å². The standard InChI is InChI=1S/C32H28Cl2N6/c33-25-11-3-1-9-23(25)31-35-27-13-5-7-15-29(27)39(31)21-37-17-19-38(20-18-37)22-40-30-16-8-6-14-28(30)36-32(40)24-10-2-4-12-26(24)34/h1-16H,17-22H2. The molecular formula is C32H28Cl2N6. The van der Waals surface area contributed by atoms with E-state index in [1.54, 1.807) is 0 Å². The van der Waals surface area contributed by atoms with E-state index in [-0.39, 0.29) is 0 Å².